The number of likely N-dealkylation sites (tertiary alicyclic amines) is 1. The summed E-state index contributed by atoms with van der Waals surface area (Å²) in [5.41, 5.74) is -0.324. The van der Waals surface area contributed by atoms with Gasteiger partial charge in [-0.3, -0.25) is 14.9 Å². The van der Waals surface area contributed by atoms with Crippen LogP contribution in [0.1, 0.15) is 26.2 Å². The highest BCUT2D eigenvalue weighted by Gasteiger charge is 2.39. The monoisotopic (exact) mass is 373 g/mol. The molecule has 0 bridgehead atoms. The van der Waals surface area contributed by atoms with Gasteiger partial charge in [-0.05, 0) is 25.3 Å². The van der Waals surface area contributed by atoms with Crippen molar-refractivity contribution in [3.05, 3.63) is 34.4 Å². The number of carbonyl (C=O) groups is 1. The topological polar surface area (TPSA) is 113 Å². The first-order valence-electron chi connectivity index (χ1n) is 7.94. The van der Waals surface area contributed by atoms with Crippen LogP contribution in [0.5, 0.6) is 0 Å². The highest BCUT2D eigenvalue weighted by atomic mass is 32.2. The van der Waals surface area contributed by atoms with E-state index in [1.165, 1.54) is 25.1 Å². The Morgan fingerprint density at radius 1 is 1.28 bits per heavy atom. The van der Waals surface area contributed by atoms with Crippen molar-refractivity contribution in [2.45, 2.75) is 31.1 Å². The summed E-state index contributed by atoms with van der Waals surface area (Å²) in [5.74, 6) is -0.447. The van der Waals surface area contributed by atoms with Crippen LogP contribution in [0.25, 0.3) is 0 Å². The molecule has 1 aromatic carbocycles. The number of rotatable bonds is 7. The summed E-state index contributed by atoms with van der Waals surface area (Å²) in [4.78, 5) is 20.9. The second-order valence-corrected chi connectivity index (χ2v) is 7.44. The Morgan fingerprint density at radius 3 is 2.56 bits per heavy atom. The van der Waals surface area contributed by atoms with Crippen LogP contribution in [-0.2, 0) is 23.9 Å². The Morgan fingerprint density at radius 2 is 1.96 bits per heavy atom. The van der Waals surface area contributed by atoms with Gasteiger partial charge < -0.3 is 4.74 Å². The average molecular weight is 373 g/mol. The number of piperidine rings is 1. The zero-order chi connectivity index (χ0) is 18.5. The first kappa shape index (κ1) is 19.3. The molecule has 9 nitrogen and oxygen atoms in total. The van der Waals surface area contributed by atoms with E-state index in [1.54, 1.807) is 0 Å². The van der Waals surface area contributed by atoms with Crippen molar-refractivity contribution in [3.63, 3.8) is 0 Å². The van der Waals surface area contributed by atoms with Gasteiger partial charge in [-0.2, -0.15) is 13.1 Å². The number of hydroxylamine groups is 3. The Balaban J connectivity index is 2.22. The molecule has 0 spiro atoms. The maximum atomic E-state index is 12.6. The molecule has 0 amide bonds. The summed E-state index contributed by atoms with van der Waals surface area (Å²) in [7, 11) is -4.20. The molecule has 138 valence electrons. The molecule has 0 radical (unpaired) electrons. The summed E-state index contributed by atoms with van der Waals surface area (Å²) in [6.45, 7) is 2.46. The number of hydrogen-bond donors (Lipinski definition) is 0. The number of non-ortho nitro benzene ring substituents is 1. The molecular formula is C15H21N2O7S+. The third-order valence-electron chi connectivity index (χ3n) is 4.01. The van der Waals surface area contributed by atoms with Crippen molar-refractivity contribution in [2.75, 3.05) is 26.2 Å². The van der Waals surface area contributed by atoms with Crippen LogP contribution in [0.15, 0.2) is 29.2 Å². The molecular weight excluding hydrogens is 352 g/mol. The zero-order valence-electron chi connectivity index (χ0n) is 13.9. The van der Waals surface area contributed by atoms with Crippen LogP contribution in [0.4, 0.5) is 5.69 Å². The highest BCUT2D eigenvalue weighted by molar-refractivity contribution is 7.86. The van der Waals surface area contributed by atoms with Gasteiger partial charge in [0.1, 0.15) is 31.1 Å². The SMILES string of the molecule is CC(=O)OCC[N+]1(OS(=O)(=O)c2cccc([N+](=O)[O-])c2)CCCCC1. The first-order valence-corrected chi connectivity index (χ1v) is 9.35. The van der Waals surface area contributed by atoms with Crippen molar-refractivity contribution < 1.29 is 31.8 Å². The number of nitrogens with zero attached hydrogens (tertiary/aromatic N) is 2. The number of carbonyl (C=O) groups excluding carboxylic acids is 1. The summed E-state index contributed by atoms with van der Waals surface area (Å²) in [6, 6.07) is 4.75. The third-order valence-corrected chi connectivity index (χ3v) is 5.35. The standard InChI is InChI=1S/C15H21N2O7S/c1-13(18)23-11-10-17(8-3-2-4-9-17)24-25(21,22)15-7-5-6-14(12-15)16(19)20/h5-7,12H,2-4,8-11H2,1H3/q+1. The fourth-order valence-electron chi connectivity index (χ4n) is 2.78. The lowest BCUT2D eigenvalue weighted by molar-refractivity contribution is -1.08. The summed E-state index contributed by atoms with van der Waals surface area (Å²) >= 11 is 0. The van der Waals surface area contributed by atoms with Gasteiger partial charge in [-0.15, -0.1) is 0 Å². The van der Waals surface area contributed by atoms with Crippen LogP contribution in [0, 0.1) is 10.1 Å². The van der Waals surface area contributed by atoms with Crippen molar-refractivity contribution in [2.24, 2.45) is 0 Å². The van der Waals surface area contributed by atoms with E-state index in [4.69, 9.17) is 9.02 Å². The fraction of sp³-hybridized carbons (Fsp3) is 0.533. The Hall–Kier alpha value is -2.04. The zero-order valence-corrected chi connectivity index (χ0v) is 14.7. The Labute approximate surface area is 146 Å². The van der Waals surface area contributed by atoms with Crippen molar-refractivity contribution in [1.82, 2.24) is 0 Å². The van der Waals surface area contributed by atoms with Gasteiger partial charge in [0.05, 0.1) is 4.92 Å². The van der Waals surface area contributed by atoms with Crippen LogP contribution in [0.3, 0.4) is 0 Å². The lowest BCUT2D eigenvalue weighted by Crippen LogP contribution is -2.54. The number of nitro benzene ring substituents is 1. The second-order valence-electron chi connectivity index (χ2n) is 5.91. The number of hydrogen-bond acceptors (Lipinski definition) is 7. The molecule has 1 aliphatic rings. The molecule has 0 aliphatic carbocycles. The quantitative estimate of drug-likeness (QED) is 0.310. The van der Waals surface area contributed by atoms with E-state index in [0.717, 1.165) is 25.3 Å². The second kappa shape index (κ2) is 7.89. The van der Waals surface area contributed by atoms with Gasteiger partial charge in [0, 0.05) is 19.1 Å². The number of ether oxygens (including phenoxy) is 1. The van der Waals surface area contributed by atoms with E-state index in [1.807, 2.05) is 0 Å². The Bertz CT molecular complexity index is 742. The number of benzene rings is 1. The molecule has 25 heavy (non-hydrogen) atoms. The van der Waals surface area contributed by atoms with Crippen LogP contribution >= 0.6 is 0 Å². The fourth-order valence-corrected chi connectivity index (χ4v) is 4.02. The van der Waals surface area contributed by atoms with Gasteiger partial charge >= 0.3 is 16.1 Å². The van der Waals surface area contributed by atoms with Gasteiger partial charge in [-0.25, -0.2) is 0 Å². The Kier molecular flexibility index (Phi) is 6.09. The maximum Gasteiger partial charge on any atom is 0.343 e. The van der Waals surface area contributed by atoms with Gasteiger partial charge in [0.2, 0.25) is 0 Å². The number of esters is 1. The molecule has 1 aliphatic heterocycles. The molecule has 0 N–H and O–H groups in total. The average Bonchev–Trinajstić information content (AvgIpc) is 2.55. The normalized spacial score (nSPS) is 17.0. The third kappa shape index (κ3) is 5.21. The molecule has 1 aromatic rings. The molecule has 0 saturated carbocycles. The molecule has 2 rings (SSSR count). The predicted octanol–water partition coefficient (Wildman–Crippen LogP) is 1.78. The van der Waals surface area contributed by atoms with E-state index < -0.39 is 21.0 Å². The smallest absolute Gasteiger partial charge is 0.343 e. The van der Waals surface area contributed by atoms with E-state index in [0.29, 0.717) is 13.1 Å². The van der Waals surface area contributed by atoms with Crippen LogP contribution in [-0.4, -0.2) is 50.2 Å². The molecule has 0 atom stereocenters. The van der Waals surface area contributed by atoms with E-state index >= 15 is 0 Å². The predicted molar refractivity (Wildman–Crippen MR) is 86.7 cm³/mol. The minimum atomic E-state index is -4.20. The summed E-state index contributed by atoms with van der Waals surface area (Å²) in [6.07, 6.45) is 2.53. The lowest BCUT2D eigenvalue weighted by Gasteiger charge is -2.36. The minimum Gasteiger partial charge on any atom is -0.460 e. The molecule has 10 heteroatoms. The molecule has 1 saturated heterocycles. The van der Waals surface area contributed by atoms with Gasteiger partial charge in [-0.1, -0.05) is 10.4 Å². The lowest BCUT2D eigenvalue weighted by atomic mass is 10.1. The van der Waals surface area contributed by atoms with E-state index in [2.05, 4.69) is 0 Å². The van der Waals surface area contributed by atoms with Crippen molar-refractivity contribution in [1.29, 1.82) is 0 Å². The van der Waals surface area contributed by atoms with E-state index in [9.17, 15) is 23.3 Å². The van der Waals surface area contributed by atoms with E-state index in [-0.39, 0.29) is 28.4 Å². The van der Waals surface area contributed by atoms with Gasteiger partial charge in [0.15, 0.2) is 0 Å². The van der Waals surface area contributed by atoms with Crippen molar-refractivity contribution in [3.8, 4) is 0 Å². The highest BCUT2D eigenvalue weighted by Crippen LogP contribution is 2.26. The number of nitro groups is 1. The molecule has 1 fully saturated rings. The summed E-state index contributed by atoms with van der Waals surface area (Å²) < 4.78 is 35.4. The number of quaternary nitrogens is 1. The van der Waals surface area contributed by atoms with Crippen LogP contribution in [0.2, 0.25) is 0 Å². The molecule has 0 aromatic heterocycles. The maximum absolute atomic E-state index is 12.6. The van der Waals surface area contributed by atoms with Crippen molar-refractivity contribution >= 4 is 21.8 Å². The summed E-state index contributed by atoms with van der Waals surface area (Å²) in [5, 5.41) is 10.9. The largest absolute Gasteiger partial charge is 0.460 e. The first-order chi connectivity index (χ1) is 11.7. The minimum absolute atomic E-state index is 0.0415. The molecule has 1 heterocycles. The molecule has 0 unspecified atom stereocenters. The van der Waals surface area contributed by atoms with Crippen LogP contribution < -0.4 is 0 Å². The van der Waals surface area contributed by atoms with Gasteiger partial charge in [0.25, 0.3) is 5.69 Å².